The highest BCUT2D eigenvalue weighted by Crippen LogP contribution is 2.33. The largest absolute Gasteiger partial charge is 0.372 e. The molecule has 5 heteroatoms. The molecule has 2 fully saturated rings. The third kappa shape index (κ3) is 3.86. The molecule has 1 aliphatic carbocycles. The van der Waals surface area contributed by atoms with Crippen LogP contribution in [0.4, 0.5) is 0 Å². The van der Waals surface area contributed by atoms with Gasteiger partial charge in [0.05, 0.1) is 18.1 Å². The average molecular weight is 305 g/mol. The van der Waals surface area contributed by atoms with Gasteiger partial charge in [-0.05, 0) is 33.1 Å². The van der Waals surface area contributed by atoms with Crippen molar-refractivity contribution in [3.63, 3.8) is 0 Å². The first-order chi connectivity index (χ1) is 8.94. The van der Waals surface area contributed by atoms with Gasteiger partial charge in [-0.3, -0.25) is 4.79 Å². The second-order valence-corrected chi connectivity index (χ2v) is 6.52. The Hall–Kier alpha value is -0.320. The van der Waals surface area contributed by atoms with Crippen LogP contribution < -0.4 is 5.73 Å². The monoisotopic (exact) mass is 304 g/mol. The minimum atomic E-state index is -0.335. The van der Waals surface area contributed by atoms with Crippen molar-refractivity contribution in [3.8, 4) is 0 Å². The Morgan fingerprint density at radius 3 is 2.70 bits per heavy atom. The molecule has 0 bridgehead atoms. The molecule has 4 atom stereocenters. The molecule has 1 saturated heterocycles. The van der Waals surface area contributed by atoms with E-state index in [1.165, 1.54) is 0 Å². The van der Waals surface area contributed by atoms with Crippen molar-refractivity contribution in [1.29, 1.82) is 0 Å². The van der Waals surface area contributed by atoms with Crippen LogP contribution in [0.1, 0.15) is 52.9 Å². The van der Waals surface area contributed by atoms with E-state index in [1.807, 2.05) is 18.7 Å². The lowest BCUT2D eigenvalue weighted by Crippen LogP contribution is -2.57. The van der Waals surface area contributed by atoms with Gasteiger partial charge in [0, 0.05) is 18.6 Å². The first kappa shape index (κ1) is 17.7. The third-order valence-corrected chi connectivity index (χ3v) is 4.65. The van der Waals surface area contributed by atoms with Gasteiger partial charge in [0.15, 0.2) is 0 Å². The first-order valence-corrected chi connectivity index (χ1v) is 7.67. The third-order valence-electron chi connectivity index (χ3n) is 4.65. The van der Waals surface area contributed by atoms with E-state index in [-0.39, 0.29) is 42.0 Å². The van der Waals surface area contributed by atoms with Gasteiger partial charge in [-0.25, -0.2) is 0 Å². The highest BCUT2D eigenvalue weighted by Gasteiger charge is 2.41. The summed E-state index contributed by atoms with van der Waals surface area (Å²) < 4.78 is 5.83. The van der Waals surface area contributed by atoms with Crippen LogP contribution in [0.3, 0.4) is 0 Å². The molecular formula is C15H29ClN2O2. The van der Waals surface area contributed by atoms with Crippen LogP contribution in [-0.4, -0.2) is 41.6 Å². The van der Waals surface area contributed by atoms with Crippen molar-refractivity contribution in [3.05, 3.63) is 0 Å². The number of nitrogens with two attached hydrogens (primary N) is 1. The van der Waals surface area contributed by atoms with Crippen LogP contribution >= 0.6 is 12.4 Å². The van der Waals surface area contributed by atoms with Gasteiger partial charge < -0.3 is 15.4 Å². The van der Waals surface area contributed by atoms with Crippen molar-refractivity contribution in [2.75, 3.05) is 13.1 Å². The number of morpholine rings is 1. The number of carbonyl (C=O) groups is 1. The molecule has 1 heterocycles. The summed E-state index contributed by atoms with van der Waals surface area (Å²) in [6.07, 6.45) is 5.44. The maximum atomic E-state index is 12.8. The molecule has 4 unspecified atom stereocenters. The molecule has 0 aromatic heterocycles. The lowest BCUT2D eigenvalue weighted by molar-refractivity contribution is -0.151. The Morgan fingerprint density at radius 2 is 2.10 bits per heavy atom. The molecule has 1 amide bonds. The normalized spacial score (nSPS) is 38.2. The Balaban J connectivity index is 0.00000200. The van der Waals surface area contributed by atoms with Gasteiger partial charge in [-0.1, -0.05) is 19.8 Å². The number of nitrogens with zero attached hydrogens (tertiary/aromatic N) is 1. The van der Waals surface area contributed by atoms with Gasteiger partial charge in [0.1, 0.15) is 0 Å². The van der Waals surface area contributed by atoms with E-state index in [2.05, 4.69) is 6.92 Å². The van der Waals surface area contributed by atoms with E-state index in [1.54, 1.807) is 0 Å². The van der Waals surface area contributed by atoms with Crippen molar-refractivity contribution in [1.82, 2.24) is 4.90 Å². The minimum absolute atomic E-state index is 0. The van der Waals surface area contributed by atoms with Crippen LogP contribution in [0.5, 0.6) is 0 Å². The van der Waals surface area contributed by atoms with E-state index < -0.39 is 0 Å². The second kappa shape index (κ2) is 7.10. The van der Waals surface area contributed by atoms with E-state index in [4.69, 9.17) is 10.5 Å². The molecule has 1 aliphatic heterocycles. The first-order valence-electron chi connectivity index (χ1n) is 7.67. The molecule has 0 aromatic carbocycles. The summed E-state index contributed by atoms with van der Waals surface area (Å²) in [5.41, 5.74) is 6.02. The summed E-state index contributed by atoms with van der Waals surface area (Å²) in [4.78, 5) is 14.8. The molecule has 0 aromatic rings. The predicted octanol–water partition coefficient (Wildman–Crippen LogP) is 2.34. The molecular weight excluding hydrogens is 276 g/mol. The van der Waals surface area contributed by atoms with Crippen LogP contribution in [0.25, 0.3) is 0 Å². The number of rotatable bonds is 2. The fraction of sp³-hybridized carbons (Fsp3) is 0.933. The lowest BCUT2D eigenvalue weighted by atomic mass is 9.74. The highest BCUT2D eigenvalue weighted by atomic mass is 35.5. The van der Waals surface area contributed by atoms with Crippen LogP contribution in [0.2, 0.25) is 0 Å². The Morgan fingerprint density at radius 1 is 1.40 bits per heavy atom. The molecule has 2 N–H and O–H groups in total. The van der Waals surface area contributed by atoms with Crippen molar-refractivity contribution < 1.29 is 9.53 Å². The van der Waals surface area contributed by atoms with Crippen molar-refractivity contribution >= 4 is 18.3 Å². The zero-order valence-corrected chi connectivity index (χ0v) is 13.7. The van der Waals surface area contributed by atoms with Crippen LogP contribution in [-0.2, 0) is 9.53 Å². The van der Waals surface area contributed by atoms with Crippen molar-refractivity contribution in [2.24, 2.45) is 11.7 Å². The molecule has 20 heavy (non-hydrogen) atoms. The number of hydrogen-bond donors (Lipinski definition) is 1. The summed E-state index contributed by atoms with van der Waals surface area (Å²) in [7, 11) is 0. The Labute approximate surface area is 128 Å². The number of ether oxygens (including phenoxy) is 1. The fourth-order valence-corrected chi connectivity index (χ4v) is 3.43. The Kier molecular flexibility index (Phi) is 6.29. The lowest BCUT2D eigenvalue weighted by Gasteiger charge is -2.43. The zero-order chi connectivity index (χ0) is 14.0. The molecule has 2 rings (SSSR count). The fourth-order valence-electron chi connectivity index (χ4n) is 3.43. The summed E-state index contributed by atoms with van der Waals surface area (Å²) in [5.74, 6) is 0.238. The summed E-state index contributed by atoms with van der Waals surface area (Å²) >= 11 is 0. The van der Waals surface area contributed by atoms with Crippen LogP contribution in [0, 0.1) is 5.92 Å². The molecule has 0 radical (unpaired) electrons. The van der Waals surface area contributed by atoms with Crippen LogP contribution in [0.15, 0.2) is 0 Å². The zero-order valence-electron chi connectivity index (χ0n) is 12.9. The quantitative estimate of drug-likeness (QED) is 0.852. The minimum Gasteiger partial charge on any atom is -0.372 e. The predicted molar refractivity (Wildman–Crippen MR) is 83.0 cm³/mol. The summed E-state index contributed by atoms with van der Waals surface area (Å²) in [5, 5.41) is 0. The summed E-state index contributed by atoms with van der Waals surface area (Å²) in [6, 6.07) is 0. The topological polar surface area (TPSA) is 55.6 Å². The molecule has 0 spiro atoms. The van der Waals surface area contributed by atoms with E-state index >= 15 is 0 Å². The van der Waals surface area contributed by atoms with Crippen molar-refractivity contribution in [2.45, 2.75) is 70.6 Å². The molecule has 1 saturated carbocycles. The van der Waals surface area contributed by atoms with E-state index in [9.17, 15) is 4.79 Å². The Bertz CT molecular complexity index is 336. The summed E-state index contributed by atoms with van der Waals surface area (Å²) in [6.45, 7) is 7.63. The van der Waals surface area contributed by atoms with Gasteiger partial charge in [0.2, 0.25) is 5.91 Å². The molecule has 2 aliphatic rings. The molecule has 118 valence electrons. The maximum absolute atomic E-state index is 12.8. The molecule has 4 nitrogen and oxygen atoms in total. The maximum Gasteiger partial charge on any atom is 0.227 e. The standard InChI is InChI=1S/C15H28N2O2.ClH/c1-4-12-10-17(9-11(2)19-12)14(18)13-7-5-6-8-15(13,3)16;/h11-13H,4-10,16H2,1-3H3;1H. The average Bonchev–Trinajstić information content (AvgIpc) is 2.36. The number of hydrogen-bond acceptors (Lipinski definition) is 3. The number of carbonyl (C=O) groups excluding carboxylic acids is 1. The number of halogens is 1. The van der Waals surface area contributed by atoms with E-state index in [0.29, 0.717) is 6.54 Å². The van der Waals surface area contributed by atoms with Gasteiger partial charge in [-0.2, -0.15) is 0 Å². The van der Waals surface area contributed by atoms with Gasteiger partial charge in [-0.15, -0.1) is 12.4 Å². The van der Waals surface area contributed by atoms with E-state index in [0.717, 1.165) is 38.6 Å². The smallest absolute Gasteiger partial charge is 0.227 e. The number of amides is 1. The SMILES string of the molecule is CCC1CN(C(=O)C2CCCCC2(C)N)CC(C)O1.Cl. The highest BCUT2D eigenvalue weighted by molar-refractivity contribution is 5.85. The second-order valence-electron chi connectivity index (χ2n) is 6.52. The van der Waals surface area contributed by atoms with Gasteiger partial charge in [0.25, 0.3) is 0 Å². The van der Waals surface area contributed by atoms with Gasteiger partial charge >= 0.3 is 0 Å².